The third-order valence-electron chi connectivity index (χ3n) is 3.52. The minimum absolute atomic E-state index is 0.0833. The summed E-state index contributed by atoms with van der Waals surface area (Å²) < 4.78 is 15.4. The number of fused-ring (bicyclic) bond motifs is 1. The zero-order chi connectivity index (χ0) is 17.3. The predicted octanol–water partition coefficient (Wildman–Crippen LogP) is 2.49. The van der Waals surface area contributed by atoms with Crippen LogP contribution in [0.25, 0.3) is 16.6 Å². The van der Waals surface area contributed by atoms with Gasteiger partial charge in [0.2, 0.25) is 5.91 Å². The molecule has 3 aromatic rings. The minimum atomic E-state index is -0.615. The number of hydrogen-bond acceptors (Lipinski definition) is 4. The summed E-state index contributed by atoms with van der Waals surface area (Å²) in [4.78, 5) is 28.7. The first-order valence-electron chi connectivity index (χ1n) is 7.21. The second-order valence-electron chi connectivity index (χ2n) is 5.17. The Morgan fingerprint density at radius 1 is 1.21 bits per heavy atom. The van der Waals surface area contributed by atoms with Gasteiger partial charge in [0, 0.05) is 0 Å². The average Bonchev–Trinajstić information content (AvgIpc) is 2.56. The number of nitrogens with two attached hydrogens (primary N) is 1. The molecule has 2 N–H and O–H groups in total. The van der Waals surface area contributed by atoms with Crippen molar-refractivity contribution < 1.29 is 9.18 Å². The van der Waals surface area contributed by atoms with E-state index < -0.39 is 22.5 Å². The van der Waals surface area contributed by atoms with Gasteiger partial charge in [-0.3, -0.25) is 14.2 Å². The summed E-state index contributed by atoms with van der Waals surface area (Å²) in [6.07, 6.45) is 0. The lowest BCUT2D eigenvalue weighted by molar-refractivity contribution is -0.117. The fraction of sp³-hybridized carbons (Fsp3) is 0.118. The van der Waals surface area contributed by atoms with Crippen molar-refractivity contribution in [3.8, 4) is 5.69 Å². The van der Waals surface area contributed by atoms with E-state index in [1.165, 1.54) is 22.8 Å². The monoisotopic (exact) mass is 343 g/mol. The van der Waals surface area contributed by atoms with Crippen LogP contribution in [0.15, 0.2) is 58.5 Å². The molecule has 0 aliphatic heterocycles. The first-order chi connectivity index (χ1) is 11.5. The maximum Gasteiger partial charge on any atom is 0.266 e. The van der Waals surface area contributed by atoms with Gasteiger partial charge in [0.1, 0.15) is 5.82 Å². The molecule has 24 heavy (non-hydrogen) atoms. The van der Waals surface area contributed by atoms with Crippen LogP contribution in [0.4, 0.5) is 4.39 Å². The lowest BCUT2D eigenvalue weighted by Gasteiger charge is -2.15. The van der Waals surface area contributed by atoms with Crippen LogP contribution in [0.5, 0.6) is 0 Å². The van der Waals surface area contributed by atoms with Crippen LogP contribution in [-0.4, -0.2) is 20.7 Å². The fourth-order valence-corrected chi connectivity index (χ4v) is 3.12. The highest BCUT2D eigenvalue weighted by Crippen LogP contribution is 2.25. The molecule has 0 bridgehead atoms. The summed E-state index contributed by atoms with van der Waals surface area (Å²) in [6.45, 7) is 1.61. The van der Waals surface area contributed by atoms with Crippen LogP contribution in [0.1, 0.15) is 6.92 Å². The third kappa shape index (κ3) is 2.90. The van der Waals surface area contributed by atoms with E-state index in [1.807, 2.05) is 0 Å². The Bertz CT molecular complexity index is 987. The van der Waals surface area contributed by atoms with E-state index in [9.17, 15) is 14.0 Å². The largest absolute Gasteiger partial charge is 0.369 e. The third-order valence-corrected chi connectivity index (χ3v) is 4.59. The van der Waals surface area contributed by atoms with Gasteiger partial charge in [0.25, 0.3) is 5.56 Å². The van der Waals surface area contributed by atoms with E-state index in [0.717, 1.165) is 11.8 Å². The molecular weight excluding hydrogens is 329 g/mol. The number of carbonyl (C=O) groups is 1. The lowest BCUT2D eigenvalue weighted by Crippen LogP contribution is -2.26. The predicted molar refractivity (Wildman–Crippen MR) is 91.8 cm³/mol. The van der Waals surface area contributed by atoms with Gasteiger partial charge in [-0.15, -0.1) is 0 Å². The fourth-order valence-electron chi connectivity index (χ4n) is 2.25. The molecule has 3 rings (SSSR count). The molecule has 2 aromatic carbocycles. The van der Waals surface area contributed by atoms with Crippen LogP contribution in [0.2, 0.25) is 0 Å². The highest BCUT2D eigenvalue weighted by Gasteiger charge is 2.19. The number of benzene rings is 2. The molecule has 0 radical (unpaired) electrons. The second kappa shape index (κ2) is 6.45. The van der Waals surface area contributed by atoms with Crippen LogP contribution < -0.4 is 11.3 Å². The number of primary amides is 1. The maximum absolute atomic E-state index is 14.2. The zero-order valence-electron chi connectivity index (χ0n) is 12.8. The SMILES string of the molecule is C[C@H](Sc1nc2ccccc2c(=O)n1-c1ccccc1F)C(N)=O. The Kier molecular flexibility index (Phi) is 4.35. The maximum atomic E-state index is 14.2. The normalized spacial score (nSPS) is 12.2. The molecular formula is C17H14FN3O2S. The summed E-state index contributed by atoms with van der Waals surface area (Å²) in [5, 5.41) is -0.0250. The number of para-hydroxylation sites is 2. The minimum Gasteiger partial charge on any atom is -0.369 e. The van der Waals surface area contributed by atoms with Crippen LogP contribution in [-0.2, 0) is 4.79 Å². The smallest absolute Gasteiger partial charge is 0.266 e. The van der Waals surface area contributed by atoms with Crippen molar-refractivity contribution in [1.29, 1.82) is 0 Å². The summed E-state index contributed by atoms with van der Waals surface area (Å²) in [5.41, 5.74) is 5.47. The van der Waals surface area contributed by atoms with E-state index >= 15 is 0 Å². The summed E-state index contributed by atoms with van der Waals surface area (Å²) >= 11 is 1.02. The standard InChI is InChI=1S/C17H14FN3O2S/c1-10(15(19)22)24-17-20-13-8-4-2-6-11(13)16(23)21(17)14-9-5-3-7-12(14)18/h2-10H,1H3,(H2,19,22)/t10-/m0/s1. The molecule has 1 atom stereocenters. The Morgan fingerprint density at radius 2 is 1.88 bits per heavy atom. The first kappa shape index (κ1) is 16.2. The molecule has 0 saturated heterocycles. The molecule has 0 aliphatic carbocycles. The van der Waals surface area contributed by atoms with Gasteiger partial charge < -0.3 is 5.73 Å². The van der Waals surface area contributed by atoms with Gasteiger partial charge in [0.05, 0.1) is 21.8 Å². The van der Waals surface area contributed by atoms with Crippen LogP contribution in [0, 0.1) is 5.82 Å². The number of hydrogen-bond donors (Lipinski definition) is 1. The van der Waals surface area contributed by atoms with Crippen LogP contribution in [0.3, 0.4) is 0 Å². The highest BCUT2D eigenvalue weighted by atomic mass is 32.2. The van der Waals surface area contributed by atoms with E-state index in [4.69, 9.17) is 5.73 Å². The van der Waals surface area contributed by atoms with Gasteiger partial charge in [-0.2, -0.15) is 0 Å². The van der Waals surface area contributed by atoms with E-state index in [0.29, 0.717) is 10.9 Å². The quantitative estimate of drug-likeness (QED) is 0.583. The number of rotatable bonds is 4. The number of nitrogens with zero attached hydrogens (tertiary/aromatic N) is 2. The number of aromatic nitrogens is 2. The van der Waals surface area contributed by atoms with Gasteiger partial charge >= 0.3 is 0 Å². The van der Waals surface area contributed by atoms with E-state index in [2.05, 4.69) is 4.98 Å². The topological polar surface area (TPSA) is 78.0 Å². The molecule has 0 aliphatic rings. The van der Waals surface area contributed by atoms with E-state index in [-0.39, 0.29) is 10.8 Å². The summed E-state index contributed by atoms with van der Waals surface area (Å²) in [5.74, 6) is -1.09. The zero-order valence-corrected chi connectivity index (χ0v) is 13.6. The van der Waals surface area contributed by atoms with Crippen molar-refractivity contribution in [3.63, 3.8) is 0 Å². The Morgan fingerprint density at radius 3 is 2.58 bits per heavy atom. The van der Waals surface area contributed by atoms with Gasteiger partial charge in [0.15, 0.2) is 5.16 Å². The molecule has 0 fully saturated rings. The molecule has 122 valence electrons. The Balaban J connectivity index is 2.32. The first-order valence-corrected chi connectivity index (χ1v) is 8.09. The highest BCUT2D eigenvalue weighted by molar-refractivity contribution is 8.00. The molecule has 1 amide bonds. The van der Waals surface area contributed by atoms with Crippen LogP contribution >= 0.6 is 11.8 Å². The van der Waals surface area contributed by atoms with Crippen molar-refractivity contribution >= 4 is 28.6 Å². The second-order valence-corrected chi connectivity index (χ2v) is 6.47. The van der Waals surface area contributed by atoms with Crippen molar-refractivity contribution in [3.05, 3.63) is 64.7 Å². The molecule has 7 heteroatoms. The average molecular weight is 343 g/mol. The summed E-state index contributed by atoms with van der Waals surface area (Å²) in [7, 11) is 0. The van der Waals surface area contributed by atoms with Crippen molar-refractivity contribution in [1.82, 2.24) is 9.55 Å². The van der Waals surface area contributed by atoms with Gasteiger partial charge in [-0.05, 0) is 31.2 Å². The van der Waals surface area contributed by atoms with Gasteiger partial charge in [-0.25, -0.2) is 9.37 Å². The molecule has 1 aromatic heterocycles. The van der Waals surface area contributed by atoms with Crippen molar-refractivity contribution in [2.24, 2.45) is 5.73 Å². The van der Waals surface area contributed by atoms with E-state index in [1.54, 1.807) is 37.3 Å². The molecule has 0 saturated carbocycles. The number of halogens is 1. The number of carbonyl (C=O) groups excluding carboxylic acids is 1. The van der Waals surface area contributed by atoms with Crippen molar-refractivity contribution in [2.45, 2.75) is 17.3 Å². The Hall–Kier alpha value is -2.67. The molecule has 1 heterocycles. The lowest BCUT2D eigenvalue weighted by atomic mass is 10.2. The number of thioether (sulfide) groups is 1. The molecule has 0 spiro atoms. The molecule has 0 unspecified atom stereocenters. The molecule has 5 nitrogen and oxygen atoms in total. The van der Waals surface area contributed by atoms with Gasteiger partial charge in [-0.1, -0.05) is 36.0 Å². The van der Waals surface area contributed by atoms with Crippen molar-refractivity contribution in [2.75, 3.05) is 0 Å². The Labute approximate surface area is 141 Å². The summed E-state index contributed by atoms with van der Waals surface area (Å²) in [6, 6.07) is 12.7. The number of amides is 1.